The van der Waals surface area contributed by atoms with E-state index in [1.807, 2.05) is 23.9 Å². The highest BCUT2D eigenvalue weighted by Gasteiger charge is 2.28. The number of hydrogen-bond donors (Lipinski definition) is 3. The Hall–Kier alpha value is -1.36. The summed E-state index contributed by atoms with van der Waals surface area (Å²) in [7, 11) is 0. The van der Waals surface area contributed by atoms with Gasteiger partial charge in [0.1, 0.15) is 0 Å². The molecule has 0 aliphatic heterocycles. The van der Waals surface area contributed by atoms with Crippen LogP contribution in [0.5, 0.6) is 0 Å². The maximum Gasteiger partial charge on any atom is 0.319 e. The van der Waals surface area contributed by atoms with Gasteiger partial charge in [0.2, 0.25) is 0 Å². The molecule has 0 heterocycles. The molecule has 2 rings (SSSR count). The van der Waals surface area contributed by atoms with E-state index in [2.05, 4.69) is 17.6 Å². The van der Waals surface area contributed by atoms with E-state index in [1.54, 1.807) is 12.1 Å². The molecule has 0 bridgehead atoms. The van der Waals surface area contributed by atoms with Gasteiger partial charge in [-0.05, 0) is 42.9 Å². The summed E-state index contributed by atoms with van der Waals surface area (Å²) in [6.45, 7) is 2.16. The molecule has 1 fully saturated rings. The van der Waals surface area contributed by atoms with E-state index in [4.69, 9.17) is 5.73 Å². The van der Waals surface area contributed by atoms with Crippen molar-refractivity contribution in [2.45, 2.75) is 37.5 Å². The quantitative estimate of drug-likeness (QED) is 0.742. The fourth-order valence-electron chi connectivity index (χ4n) is 2.41. The number of thioether (sulfide) groups is 1. The molecule has 2 atom stereocenters. The van der Waals surface area contributed by atoms with E-state index in [0.29, 0.717) is 17.0 Å². The van der Waals surface area contributed by atoms with Crippen molar-refractivity contribution in [2.24, 2.45) is 0 Å². The van der Waals surface area contributed by atoms with Crippen LogP contribution in [0.25, 0.3) is 0 Å². The van der Waals surface area contributed by atoms with E-state index in [0.717, 1.165) is 17.9 Å². The van der Waals surface area contributed by atoms with Crippen molar-refractivity contribution >= 4 is 29.2 Å². The molecule has 1 aliphatic rings. The Balaban J connectivity index is 1.85. The Morgan fingerprint density at radius 3 is 2.79 bits per heavy atom. The van der Waals surface area contributed by atoms with Crippen molar-refractivity contribution in [3.8, 4) is 0 Å². The van der Waals surface area contributed by atoms with Crippen LogP contribution in [-0.2, 0) is 0 Å². The lowest BCUT2D eigenvalue weighted by molar-refractivity contribution is 0.249. The van der Waals surface area contributed by atoms with Gasteiger partial charge in [-0.25, -0.2) is 4.79 Å². The minimum Gasteiger partial charge on any atom is -0.399 e. The molecule has 5 heteroatoms. The lowest BCUT2D eigenvalue weighted by atomic mass is 10.2. The highest BCUT2D eigenvalue weighted by atomic mass is 32.2. The number of amides is 2. The maximum atomic E-state index is 11.9. The third kappa shape index (κ3) is 4.06. The van der Waals surface area contributed by atoms with Gasteiger partial charge in [0.15, 0.2) is 0 Å². The van der Waals surface area contributed by atoms with Gasteiger partial charge < -0.3 is 16.4 Å². The van der Waals surface area contributed by atoms with E-state index < -0.39 is 0 Å². The summed E-state index contributed by atoms with van der Waals surface area (Å²) in [5.74, 6) is 1.10. The highest BCUT2D eigenvalue weighted by molar-refractivity contribution is 7.99. The van der Waals surface area contributed by atoms with Crippen molar-refractivity contribution in [3.05, 3.63) is 24.3 Å². The Kier molecular flexibility index (Phi) is 4.96. The number of carbonyl (C=O) groups is 1. The third-order valence-corrected chi connectivity index (χ3v) is 4.64. The minimum atomic E-state index is -0.127. The molecule has 19 heavy (non-hydrogen) atoms. The lowest BCUT2D eigenvalue weighted by Crippen LogP contribution is -2.41. The van der Waals surface area contributed by atoms with Gasteiger partial charge in [0, 0.05) is 22.7 Å². The standard InChI is InChI=1S/C14H21N3OS/c1-2-19-13-5-3-4-12(13)17-14(18)16-11-8-6-10(15)7-9-11/h6-9,12-13H,2-5,15H2,1H3,(H2,16,17,18). The highest BCUT2D eigenvalue weighted by Crippen LogP contribution is 2.29. The number of rotatable bonds is 4. The first kappa shape index (κ1) is 14.1. The Morgan fingerprint density at radius 1 is 1.37 bits per heavy atom. The number of nitrogens with one attached hydrogen (secondary N) is 2. The van der Waals surface area contributed by atoms with Gasteiger partial charge in [-0.2, -0.15) is 11.8 Å². The van der Waals surface area contributed by atoms with E-state index in [1.165, 1.54) is 12.8 Å². The fourth-order valence-corrected chi connectivity index (χ4v) is 3.60. The Bertz CT molecular complexity index is 421. The van der Waals surface area contributed by atoms with Gasteiger partial charge in [0.25, 0.3) is 0 Å². The van der Waals surface area contributed by atoms with Gasteiger partial charge in [-0.1, -0.05) is 13.3 Å². The number of nitrogen functional groups attached to an aromatic ring is 1. The number of nitrogens with two attached hydrogens (primary N) is 1. The van der Waals surface area contributed by atoms with Crippen LogP contribution in [0.3, 0.4) is 0 Å². The fraction of sp³-hybridized carbons (Fsp3) is 0.500. The minimum absolute atomic E-state index is 0.127. The predicted octanol–water partition coefficient (Wildman–Crippen LogP) is 3.06. The van der Waals surface area contributed by atoms with Gasteiger partial charge in [-0.3, -0.25) is 0 Å². The normalized spacial score (nSPS) is 22.2. The Morgan fingerprint density at radius 2 is 2.11 bits per heavy atom. The number of hydrogen-bond acceptors (Lipinski definition) is 3. The smallest absolute Gasteiger partial charge is 0.319 e. The molecular weight excluding hydrogens is 258 g/mol. The molecular formula is C14H21N3OS. The summed E-state index contributed by atoms with van der Waals surface area (Å²) >= 11 is 1.94. The summed E-state index contributed by atoms with van der Waals surface area (Å²) in [5.41, 5.74) is 7.07. The van der Waals surface area contributed by atoms with Crippen LogP contribution in [0, 0.1) is 0 Å². The van der Waals surface area contributed by atoms with Crippen LogP contribution in [0.4, 0.5) is 16.2 Å². The van der Waals surface area contributed by atoms with Crippen LogP contribution < -0.4 is 16.4 Å². The summed E-state index contributed by atoms with van der Waals surface area (Å²) in [6.07, 6.45) is 3.47. The first-order valence-electron chi connectivity index (χ1n) is 6.73. The number of benzene rings is 1. The van der Waals surface area contributed by atoms with Gasteiger partial charge >= 0.3 is 6.03 Å². The zero-order valence-corrected chi connectivity index (χ0v) is 12.0. The van der Waals surface area contributed by atoms with E-state index >= 15 is 0 Å². The average Bonchev–Trinajstić information content (AvgIpc) is 2.80. The molecule has 4 nitrogen and oxygen atoms in total. The average molecular weight is 279 g/mol. The molecule has 0 spiro atoms. The summed E-state index contributed by atoms with van der Waals surface area (Å²) in [4.78, 5) is 11.9. The monoisotopic (exact) mass is 279 g/mol. The van der Waals surface area contributed by atoms with Crippen molar-refractivity contribution in [1.82, 2.24) is 5.32 Å². The first-order chi connectivity index (χ1) is 9.19. The molecule has 0 radical (unpaired) electrons. The largest absolute Gasteiger partial charge is 0.399 e. The molecule has 2 unspecified atom stereocenters. The zero-order chi connectivity index (χ0) is 13.7. The summed E-state index contributed by atoms with van der Waals surface area (Å²) in [5, 5.41) is 6.48. The van der Waals surface area contributed by atoms with Crippen molar-refractivity contribution in [3.63, 3.8) is 0 Å². The van der Waals surface area contributed by atoms with Crippen molar-refractivity contribution in [2.75, 3.05) is 16.8 Å². The topological polar surface area (TPSA) is 67.2 Å². The second kappa shape index (κ2) is 6.70. The predicted molar refractivity (Wildman–Crippen MR) is 82.6 cm³/mol. The third-order valence-electron chi connectivity index (χ3n) is 3.32. The molecule has 1 aliphatic carbocycles. The summed E-state index contributed by atoms with van der Waals surface area (Å²) in [6, 6.07) is 7.34. The molecule has 1 saturated carbocycles. The molecule has 104 valence electrons. The van der Waals surface area contributed by atoms with Crippen molar-refractivity contribution < 1.29 is 4.79 Å². The van der Waals surface area contributed by atoms with Crippen LogP contribution in [0.15, 0.2) is 24.3 Å². The van der Waals surface area contributed by atoms with E-state index in [9.17, 15) is 4.79 Å². The van der Waals surface area contributed by atoms with Crippen LogP contribution in [-0.4, -0.2) is 23.1 Å². The van der Waals surface area contributed by atoms with E-state index in [-0.39, 0.29) is 6.03 Å². The Labute approximate surface area is 118 Å². The van der Waals surface area contributed by atoms with Gasteiger partial charge in [-0.15, -0.1) is 0 Å². The summed E-state index contributed by atoms with van der Waals surface area (Å²) < 4.78 is 0. The van der Waals surface area contributed by atoms with Crippen LogP contribution in [0.2, 0.25) is 0 Å². The van der Waals surface area contributed by atoms with Crippen LogP contribution in [0.1, 0.15) is 26.2 Å². The van der Waals surface area contributed by atoms with Crippen molar-refractivity contribution in [1.29, 1.82) is 0 Å². The molecule has 0 aromatic heterocycles. The molecule has 1 aromatic rings. The second-order valence-electron chi connectivity index (χ2n) is 4.75. The number of carbonyl (C=O) groups excluding carboxylic acids is 1. The number of anilines is 2. The zero-order valence-electron chi connectivity index (χ0n) is 11.2. The van der Waals surface area contributed by atoms with Gasteiger partial charge in [0.05, 0.1) is 0 Å². The molecule has 1 aromatic carbocycles. The number of urea groups is 1. The second-order valence-corrected chi connectivity index (χ2v) is 6.27. The SMILES string of the molecule is CCSC1CCCC1NC(=O)Nc1ccc(N)cc1. The molecule has 0 saturated heterocycles. The molecule has 2 amide bonds. The van der Waals surface area contributed by atoms with Crippen LogP contribution >= 0.6 is 11.8 Å². The first-order valence-corrected chi connectivity index (χ1v) is 7.78. The molecule has 4 N–H and O–H groups in total. The maximum absolute atomic E-state index is 11.9. The lowest BCUT2D eigenvalue weighted by Gasteiger charge is -2.20.